The molecular formula is C48H62Cl2N5O3PRu. The Bertz CT molecular complexity index is 1980. The van der Waals surface area contributed by atoms with E-state index in [-0.39, 0.29) is 0 Å². The van der Waals surface area contributed by atoms with Crippen LogP contribution in [-0.2, 0) is 27.7 Å². The molecule has 1 aliphatic carbocycles. The summed E-state index contributed by atoms with van der Waals surface area (Å²) >= 11 is -1.88. The Kier molecular flexibility index (Phi) is 16.5. The van der Waals surface area contributed by atoms with Gasteiger partial charge in [0.05, 0.1) is 78.9 Å². The average molecular weight is 960 g/mol. The fraction of sp³-hybridized carbons (Fsp3) is 0.417. The van der Waals surface area contributed by atoms with Crippen LogP contribution in [0.25, 0.3) is 5.57 Å². The van der Waals surface area contributed by atoms with E-state index in [1.165, 1.54) is 67.0 Å². The van der Waals surface area contributed by atoms with Crippen LogP contribution in [0.15, 0.2) is 84.9 Å². The fourth-order valence-electron chi connectivity index (χ4n) is 9.15. The van der Waals surface area contributed by atoms with E-state index >= 15 is 0 Å². The second-order valence-corrected chi connectivity index (χ2v) is 24.4. The number of fused-ring (bicyclic) bond motifs is 1. The van der Waals surface area contributed by atoms with E-state index in [1.807, 2.05) is 24.3 Å². The van der Waals surface area contributed by atoms with E-state index < -0.39 is 21.9 Å². The number of allylic oxidation sites excluding steroid dienone is 1. The normalized spacial score (nSPS) is 19.1. The van der Waals surface area contributed by atoms with Crippen LogP contribution in [0.3, 0.4) is 0 Å². The summed E-state index contributed by atoms with van der Waals surface area (Å²) in [6.45, 7) is 29.3. The Balaban J connectivity index is 0.000000137. The van der Waals surface area contributed by atoms with Gasteiger partial charge in [-0.15, -0.1) is 14.0 Å². The number of benzene rings is 4. The van der Waals surface area contributed by atoms with Crippen molar-refractivity contribution < 1.29 is 27.7 Å². The van der Waals surface area contributed by atoms with Crippen LogP contribution in [0, 0.1) is 48.2 Å². The summed E-state index contributed by atoms with van der Waals surface area (Å²) in [7, 11) is 11.6. The van der Waals surface area contributed by atoms with Crippen molar-refractivity contribution in [2.45, 2.75) is 41.5 Å². The van der Waals surface area contributed by atoms with E-state index in [0.29, 0.717) is 0 Å². The Hall–Kier alpha value is -2.52. The predicted octanol–water partition coefficient (Wildman–Crippen LogP) is 9.50. The number of rotatable bonds is 6. The van der Waals surface area contributed by atoms with Gasteiger partial charge < -0.3 is 24.0 Å². The molecule has 0 atom stereocenters. The summed E-state index contributed by atoms with van der Waals surface area (Å²) in [6.07, 6.45) is 2.15. The molecule has 5 aliphatic rings. The molecule has 324 valence electrons. The predicted molar refractivity (Wildman–Crippen MR) is 252 cm³/mol. The van der Waals surface area contributed by atoms with Crippen LogP contribution in [0.1, 0.15) is 50.1 Å². The van der Waals surface area contributed by atoms with E-state index in [2.05, 4.69) is 133 Å². The number of anilines is 2. The SMILES string of the molecule is C1CN([PH+](N2CCOCC2)N2CCOCC2)CCO1.Cc1cc(C)c(N2[CH-]N(c3c(C)cc(C)cc3C)CC2)c(C)c1.[Cl][Ru]([Cl])=[C]1C=C(c2ccccc2)c2ccccc21. The van der Waals surface area contributed by atoms with Gasteiger partial charge in [0.1, 0.15) is 0 Å². The summed E-state index contributed by atoms with van der Waals surface area (Å²) in [4.78, 5) is 4.81. The van der Waals surface area contributed by atoms with Crippen LogP contribution < -0.4 is 9.80 Å². The molecule has 0 aromatic heterocycles. The van der Waals surface area contributed by atoms with E-state index in [1.54, 1.807) is 0 Å². The van der Waals surface area contributed by atoms with Crippen LogP contribution in [0.4, 0.5) is 11.4 Å². The third kappa shape index (κ3) is 11.2. The van der Waals surface area contributed by atoms with Gasteiger partial charge in [-0.25, -0.2) is 0 Å². The zero-order valence-corrected chi connectivity index (χ0v) is 40.4. The molecule has 8 nitrogen and oxygen atoms in total. The number of morpholine rings is 3. The summed E-state index contributed by atoms with van der Waals surface area (Å²) < 4.78 is 25.6. The van der Waals surface area contributed by atoms with Crippen molar-refractivity contribution >= 4 is 48.8 Å². The molecule has 0 spiro atoms. The fourth-order valence-corrected chi connectivity index (χ4v) is 14.6. The van der Waals surface area contributed by atoms with Gasteiger partial charge in [-0.3, -0.25) is 0 Å². The minimum absolute atomic E-state index is 0.787. The average Bonchev–Trinajstić information content (AvgIpc) is 3.88. The molecule has 0 saturated carbocycles. The van der Waals surface area contributed by atoms with Gasteiger partial charge in [0.2, 0.25) is 8.37 Å². The van der Waals surface area contributed by atoms with E-state index in [0.717, 1.165) is 96.1 Å². The molecule has 60 heavy (non-hydrogen) atoms. The molecule has 9 rings (SSSR count). The molecule has 4 fully saturated rings. The van der Waals surface area contributed by atoms with Crippen molar-refractivity contribution in [2.24, 2.45) is 0 Å². The first-order valence-corrected chi connectivity index (χ1v) is 27.9. The van der Waals surface area contributed by atoms with Gasteiger partial charge in [-0.2, -0.15) is 6.67 Å². The number of ether oxygens (including phenoxy) is 3. The van der Waals surface area contributed by atoms with Gasteiger partial charge >= 0.3 is 120 Å². The molecule has 0 bridgehead atoms. The number of nitrogens with zero attached hydrogens (tertiary/aromatic N) is 5. The summed E-state index contributed by atoms with van der Waals surface area (Å²) in [5.74, 6) is 0. The van der Waals surface area contributed by atoms with Crippen LogP contribution in [-0.4, -0.2) is 110 Å². The van der Waals surface area contributed by atoms with Gasteiger partial charge in [0, 0.05) is 24.5 Å². The topological polar surface area (TPSA) is 43.9 Å². The third-order valence-corrected chi connectivity index (χ3v) is 17.7. The molecule has 0 N–H and O–H groups in total. The van der Waals surface area contributed by atoms with E-state index in [9.17, 15) is 0 Å². The monoisotopic (exact) mass is 959 g/mol. The van der Waals surface area contributed by atoms with Gasteiger partial charge in [-0.1, -0.05) is 35.4 Å². The van der Waals surface area contributed by atoms with Crippen molar-refractivity contribution in [3.63, 3.8) is 0 Å². The van der Waals surface area contributed by atoms with Crippen molar-refractivity contribution in [1.82, 2.24) is 14.0 Å². The van der Waals surface area contributed by atoms with Crippen LogP contribution >= 0.6 is 27.8 Å². The van der Waals surface area contributed by atoms with Gasteiger partial charge in [0.25, 0.3) is 0 Å². The van der Waals surface area contributed by atoms with Crippen molar-refractivity contribution in [3.8, 4) is 0 Å². The second kappa shape index (κ2) is 21.7. The van der Waals surface area contributed by atoms with Crippen LogP contribution in [0.2, 0.25) is 0 Å². The summed E-state index contributed by atoms with van der Waals surface area (Å²) in [6, 6.07) is 27.8. The number of aryl methyl sites for hydroxylation is 6. The van der Waals surface area contributed by atoms with E-state index in [4.69, 9.17) is 33.6 Å². The molecule has 4 heterocycles. The number of hydrogen-bond donors (Lipinski definition) is 0. The van der Waals surface area contributed by atoms with Crippen molar-refractivity contribution in [2.75, 3.05) is 102 Å². The Morgan fingerprint density at radius 1 is 0.517 bits per heavy atom. The van der Waals surface area contributed by atoms with Crippen molar-refractivity contribution in [3.05, 3.63) is 142 Å². The Morgan fingerprint density at radius 3 is 1.30 bits per heavy atom. The third-order valence-electron chi connectivity index (χ3n) is 11.6. The first-order chi connectivity index (χ1) is 29.1. The molecular weight excluding hydrogens is 898 g/mol. The molecule has 4 aromatic carbocycles. The zero-order valence-electron chi connectivity index (χ0n) is 36.1. The quantitative estimate of drug-likeness (QED) is 0.108. The first kappa shape index (κ1) is 45.5. The number of hydrogen-bond acceptors (Lipinski definition) is 8. The first-order valence-electron chi connectivity index (χ1n) is 21.2. The van der Waals surface area contributed by atoms with Gasteiger partial charge in [0.15, 0.2) is 0 Å². The molecule has 4 saturated heterocycles. The Morgan fingerprint density at radius 2 is 0.900 bits per heavy atom. The maximum absolute atomic E-state index is 6.19. The zero-order chi connectivity index (χ0) is 42.2. The van der Waals surface area contributed by atoms with Crippen molar-refractivity contribution in [1.29, 1.82) is 0 Å². The standard InChI is InChI=1S/C21H27N2.C15H10.C12H24N3O3P.2ClH.Ru/c1-14-9-16(3)20(17(4)10-14)22-7-8-23(13-22)21-18(5)11-15(2)12-19(21)6;1-2-6-12(7-3-1)15-11-10-13-8-4-5-9-14(13)15;1-7-16-8-2-13(1)19(14-3-9-17-10-4-14)15-5-11-18-12-6-15;;;/h9-13H,7-8H2,1-6H3;1-9,11H;1-12H2;2*1H;/q-1;;;;;+2/p-1. The minimum atomic E-state index is -1.88. The molecule has 4 aliphatic heterocycles. The Labute approximate surface area is 373 Å². The summed E-state index contributed by atoms with van der Waals surface area (Å²) in [5.41, 5.74) is 15.7. The number of halogens is 2. The maximum atomic E-state index is 6.19. The molecule has 0 amide bonds. The molecule has 12 heteroatoms. The molecule has 4 aromatic rings. The molecule has 0 unspecified atom stereocenters. The van der Waals surface area contributed by atoms with Gasteiger partial charge in [-0.05, 0) is 63.8 Å². The summed E-state index contributed by atoms with van der Waals surface area (Å²) in [5, 5.41) is 0. The molecule has 0 radical (unpaired) electrons. The van der Waals surface area contributed by atoms with Crippen LogP contribution in [0.5, 0.6) is 0 Å². The second-order valence-electron chi connectivity index (χ2n) is 16.1.